The van der Waals surface area contributed by atoms with Crippen molar-refractivity contribution in [2.45, 2.75) is 90.9 Å². The second-order valence-electron chi connectivity index (χ2n) is 16.0. The molecule has 2 atom stereocenters. The standard InChI is InChI=1S/C23H22FN5O3.C18H24BFN2O5/c1-14(30)2-6-19-13-29(23(31)32-19)18-5-7-20(21(24)9-18)15-3-4-16-11-28(12-17(16)8-15)22-10-25-27-26-22;1-11(23)21-9-13-10-22(16(24)25-13)12-6-7-14(15(20)8-12)19-26-17(2,3)18(4,5)27-19/h3-5,7-10,19H,2,6,11-13H2,1H3,(H,25,26,27);6-8,13H,9-10H2,1-5H3,(H,21,23)/t19-;13-/m00/s1. The molecule has 3 amide bonds. The van der Waals surface area contributed by atoms with Crippen LogP contribution in [0.4, 0.5) is 35.6 Å². The van der Waals surface area contributed by atoms with Crippen molar-refractivity contribution in [1.29, 1.82) is 0 Å². The summed E-state index contributed by atoms with van der Waals surface area (Å²) in [4.78, 5) is 51.3. The smallest absolute Gasteiger partial charge is 0.444 e. The highest BCUT2D eigenvalue weighted by molar-refractivity contribution is 6.62. The molecule has 0 spiro atoms. The highest BCUT2D eigenvalue weighted by Crippen LogP contribution is 2.37. The summed E-state index contributed by atoms with van der Waals surface area (Å²) in [6.45, 7) is 12.6. The van der Waals surface area contributed by atoms with Gasteiger partial charge in [0.15, 0.2) is 5.82 Å². The monoisotopic (exact) mass is 813 g/mol. The third-order valence-electron chi connectivity index (χ3n) is 11.2. The molecule has 3 fully saturated rings. The first-order valence-electron chi connectivity index (χ1n) is 19.4. The predicted molar refractivity (Wildman–Crippen MR) is 214 cm³/mol. The lowest BCUT2D eigenvalue weighted by Gasteiger charge is -2.32. The molecule has 0 bridgehead atoms. The molecule has 59 heavy (non-hydrogen) atoms. The summed E-state index contributed by atoms with van der Waals surface area (Å²) in [5.74, 6) is -0.314. The van der Waals surface area contributed by atoms with Crippen LogP contribution in [0.1, 0.15) is 65.5 Å². The number of nitrogens with one attached hydrogen (secondary N) is 2. The third-order valence-corrected chi connectivity index (χ3v) is 11.2. The van der Waals surface area contributed by atoms with Gasteiger partial charge in [-0.25, -0.2) is 18.4 Å². The highest BCUT2D eigenvalue weighted by atomic mass is 19.1. The Morgan fingerprint density at radius 1 is 0.847 bits per heavy atom. The fourth-order valence-electron chi connectivity index (χ4n) is 7.17. The molecule has 0 unspecified atom stereocenters. The van der Waals surface area contributed by atoms with Crippen LogP contribution >= 0.6 is 0 Å². The summed E-state index contributed by atoms with van der Waals surface area (Å²) >= 11 is 0. The third kappa shape index (κ3) is 8.93. The van der Waals surface area contributed by atoms with Crippen molar-refractivity contribution in [3.05, 3.63) is 83.6 Å². The van der Waals surface area contributed by atoms with Crippen molar-refractivity contribution in [3.63, 3.8) is 0 Å². The lowest BCUT2D eigenvalue weighted by molar-refractivity contribution is -0.119. The van der Waals surface area contributed by atoms with Gasteiger partial charge >= 0.3 is 19.3 Å². The van der Waals surface area contributed by atoms with Crippen molar-refractivity contribution in [3.8, 4) is 11.1 Å². The molecule has 18 heteroatoms. The van der Waals surface area contributed by atoms with Crippen molar-refractivity contribution >= 4 is 53.7 Å². The van der Waals surface area contributed by atoms with Crippen LogP contribution in [0.3, 0.4) is 0 Å². The topological polar surface area (TPSA) is 169 Å². The average molecular weight is 814 g/mol. The van der Waals surface area contributed by atoms with Gasteiger partial charge in [0.2, 0.25) is 5.91 Å². The van der Waals surface area contributed by atoms with Gasteiger partial charge in [0.1, 0.15) is 29.6 Å². The Labute approximate surface area is 340 Å². The second kappa shape index (κ2) is 16.4. The number of carbonyl (C=O) groups excluding carboxylic acids is 4. The minimum atomic E-state index is -0.818. The van der Waals surface area contributed by atoms with E-state index in [0.717, 1.165) is 23.5 Å². The van der Waals surface area contributed by atoms with E-state index < -0.39 is 48.2 Å². The molecular weight excluding hydrogens is 767 g/mol. The van der Waals surface area contributed by atoms with Crippen molar-refractivity contribution in [2.75, 3.05) is 34.3 Å². The Balaban J connectivity index is 0.000000182. The van der Waals surface area contributed by atoms with Crippen LogP contribution in [0.25, 0.3) is 11.1 Å². The Kier molecular flexibility index (Phi) is 11.5. The number of hydrogen-bond acceptors (Lipinski definition) is 11. The average Bonchev–Trinajstić information content (AvgIpc) is 4.01. The molecule has 1 aromatic heterocycles. The number of Topliss-reactive ketones (excluding diaryl/α,β-unsaturated/α-hetero) is 1. The number of amides is 3. The zero-order valence-corrected chi connectivity index (χ0v) is 33.7. The summed E-state index contributed by atoms with van der Waals surface area (Å²) in [6, 6.07) is 15.1. The fraction of sp³-hybridized carbons (Fsp3) is 0.415. The Morgan fingerprint density at radius 2 is 1.47 bits per heavy atom. The lowest BCUT2D eigenvalue weighted by Crippen LogP contribution is -2.41. The Hall–Kier alpha value is -5.88. The van der Waals surface area contributed by atoms with E-state index in [4.69, 9.17) is 18.8 Å². The van der Waals surface area contributed by atoms with Gasteiger partial charge in [0.05, 0.1) is 48.4 Å². The molecular formula is C41H46BF2N7O8. The first kappa shape index (κ1) is 41.3. The summed E-state index contributed by atoms with van der Waals surface area (Å²) in [6.07, 6.45) is 0.568. The number of cyclic esters (lactones) is 2. The minimum Gasteiger partial charge on any atom is -0.444 e. The fourth-order valence-corrected chi connectivity index (χ4v) is 7.17. The number of ketones is 1. The van der Waals surface area contributed by atoms with E-state index >= 15 is 4.39 Å². The number of benzene rings is 3. The molecule has 310 valence electrons. The van der Waals surface area contributed by atoms with Crippen LogP contribution in [0, 0.1) is 11.6 Å². The van der Waals surface area contributed by atoms with E-state index in [1.807, 2.05) is 45.9 Å². The first-order chi connectivity index (χ1) is 28.0. The molecule has 3 saturated heterocycles. The maximum atomic E-state index is 15.1. The number of carbonyl (C=O) groups is 4. The van der Waals surface area contributed by atoms with Gasteiger partial charge in [0, 0.05) is 37.5 Å². The maximum Gasteiger partial charge on any atom is 0.497 e. The van der Waals surface area contributed by atoms with Crippen LogP contribution in [0.15, 0.2) is 60.8 Å². The molecule has 0 radical (unpaired) electrons. The number of fused-ring (bicyclic) bond motifs is 1. The summed E-state index contributed by atoms with van der Waals surface area (Å²) in [5.41, 5.74) is 3.49. The van der Waals surface area contributed by atoms with E-state index in [0.29, 0.717) is 42.9 Å². The van der Waals surface area contributed by atoms with E-state index in [-0.39, 0.29) is 36.3 Å². The number of aromatic nitrogens is 3. The molecule has 4 aliphatic rings. The number of halogens is 2. The zero-order chi connectivity index (χ0) is 42.2. The van der Waals surface area contributed by atoms with Crippen LogP contribution in [-0.2, 0) is 41.5 Å². The van der Waals surface area contributed by atoms with Gasteiger partial charge < -0.3 is 33.8 Å². The predicted octanol–water partition coefficient (Wildman–Crippen LogP) is 5.41. The summed E-state index contributed by atoms with van der Waals surface area (Å²) in [5, 5.41) is 13.2. The van der Waals surface area contributed by atoms with Crippen LogP contribution in [-0.4, -0.2) is 89.5 Å². The number of nitrogens with zero attached hydrogens (tertiary/aromatic N) is 5. The summed E-state index contributed by atoms with van der Waals surface area (Å²) < 4.78 is 52.1. The van der Waals surface area contributed by atoms with E-state index in [2.05, 4.69) is 25.6 Å². The molecule has 15 nitrogen and oxygen atoms in total. The van der Waals surface area contributed by atoms with Gasteiger partial charge in [-0.3, -0.25) is 14.6 Å². The van der Waals surface area contributed by atoms with Crippen LogP contribution in [0.2, 0.25) is 0 Å². The normalized spacial score (nSPS) is 20.3. The minimum absolute atomic E-state index is 0.0494. The number of H-pyrrole nitrogens is 1. The number of ether oxygens (including phenoxy) is 2. The van der Waals surface area contributed by atoms with Crippen molar-refractivity contribution < 1.29 is 46.7 Å². The number of hydrogen-bond donors (Lipinski definition) is 2. The van der Waals surface area contributed by atoms with Crippen LogP contribution < -0.4 is 25.5 Å². The largest absolute Gasteiger partial charge is 0.497 e. The molecule has 5 heterocycles. The molecule has 0 aliphatic carbocycles. The van der Waals surface area contributed by atoms with Crippen LogP contribution in [0.5, 0.6) is 0 Å². The molecule has 3 aromatic carbocycles. The van der Waals surface area contributed by atoms with E-state index in [1.54, 1.807) is 30.5 Å². The molecule has 2 N–H and O–H groups in total. The maximum absolute atomic E-state index is 15.1. The Bertz CT molecular complexity index is 2240. The Morgan fingerprint density at radius 3 is 2.08 bits per heavy atom. The highest BCUT2D eigenvalue weighted by Gasteiger charge is 2.52. The van der Waals surface area contributed by atoms with Gasteiger partial charge in [0.25, 0.3) is 0 Å². The van der Waals surface area contributed by atoms with Gasteiger partial charge in [-0.05, 0) is 94.1 Å². The zero-order valence-electron chi connectivity index (χ0n) is 33.7. The molecule has 8 rings (SSSR count). The molecule has 0 saturated carbocycles. The SMILES string of the molecule is CC(=O)CC[C@H]1CN(c2ccc(-c3ccc4c(c3)CN(c3cn[nH]n3)C4)c(F)c2)C(=O)O1.CC(=O)NC[C@H]1CN(c2ccc(B3OC(C)(C)C(C)(C)O3)c(F)c2)C(=O)O1. The van der Waals surface area contributed by atoms with Crippen molar-refractivity contribution in [1.82, 2.24) is 20.7 Å². The quantitative estimate of drug-likeness (QED) is 0.197. The lowest BCUT2D eigenvalue weighted by atomic mass is 9.78. The number of aromatic amines is 1. The summed E-state index contributed by atoms with van der Waals surface area (Å²) in [7, 11) is -0.818. The van der Waals surface area contributed by atoms with Gasteiger partial charge in [-0.15, -0.1) is 5.10 Å². The number of anilines is 3. The van der Waals surface area contributed by atoms with Gasteiger partial charge in [-0.2, -0.15) is 10.3 Å². The van der Waals surface area contributed by atoms with E-state index in [1.165, 1.54) is 41.3 Å². The molecule has 4 aromatic rings. The first-order valence-corrected chi connectivity index (χ1v) is 19.4. The second-order valence-corrected chi connectivity index (χ2v) is 16.0. The number of rotatable bonds is 10. The molecule has 4 aliphatic heterocycles. The van der Waals surface area contributed by atoms with Crippen molar-refractivity contribution in [2.24, 2.45) is 0 Å². The van der Waals surface area contributed by atoms with E-state index in [9.17, 15) is 23.6 Å². The van der Waals surface area contributed by atoms with Gasteiger partial charge in [-0.1, -0.05) is 18.2 Å².